The zero-order valence-corrected chi connectivity index (χ0v) is 16.7. The van der Waals surface area contributed by atoms with E-state index in [2.05, 4.69) is 10.5 Å². The fourth-order valence-electron chi connectivity index (χ4n) is 2.41. The highest BCUT2D eigenvalue weighted by molar-refractivity contribution is 7.89. The fraction of sp³-hybridized carbons (Fsp3) is 0.300. The van der Waals surface area contributed by atoms with Gasteiger partial charge in [0.1, 0.15) is 0 Å². The number of hydrogen-bond donors (Lipinski definition) is 1. The molecule has 0 saturated carbocycles. The molecule has 0 spiro atoms. The maximum Gasteiger partial charge on any atom is 0.255 e. The molecule has 0 aliphatic heterocycles. The van der Waals surface area contributed by atoms with Crippen LogP contribution >= 0.6 is 0 Å². The van der Waals surface area contributed by atoms with Crippen LogP contribution in [0.1, 0.15) is 25.0 Å². The monoisotopic (exact) mass is 387 g/mol. The van der Waals surface area contributed by atoms with Gasteiger partial charge in [-0.2, -0.15) is 9.41 Å². The Bertz CT molecular complexity index is 888. The highest BCUT2D eigenvalue weighted by atomic mass is 32.2. The zero-order chi connectivity index (χ0) is 19.9. The van der Waals surface area contributed by atoms with Crippen LogP contribution in [0.3, 0.4) is 0 Å². The second-order valence-corrected chi connectivity index (χ2v) is 8.42. The number of benzene rings is 2. The summed E-state index contributed by atoms with van der Waals surface area (Å²) in [5, 5.41) is 3.86. The van der Waals surface area contributed by atoms with E-state index in [4.69, 9.17) is 0 Å². The first-order valence-corrected chi connectivity index (χ1v) is 10.1. The molecule has 0 aliphatic carbocycles. The summed E-state index contributed by atoms with van der Waals surface area (Å²) in [5.74, 6) is -0.472. The summed E-state index contributed by atoms with van der Waals surface area (Å²) >= 11 is 0. The van der Waals surface area contributed by atoms with E-state index in [0.717, 1.165) is 11.1 Å². The first-order valence-electron chi connectivity index (χ1n) is 8.69. The summed E-state index contributed by atoms with van der Waals surface area (Å²) in [6.07, 6.45) is 0.509. The van der Waals surface area contributed by atoms with Gasteiger partial charge in [0.15, 0.2) is 0 Å². The molecule has 144 valence electrons. The van der Waals surface area contributed by atoms with Crippen molar-refractivity contribution in [3.8, 4) is 0 Å². The third-order valence-corrected chi connectivity index (χ3v) is 5.74. The van der Waals surface area contributed by atoms with Gasteiger partial charge >= 0.3 is 0 Å². The quantitative estimate of drug-likeness (QED) is 0.559. The lowest BCUT2D eigenvalue weighted by Crippen LogP contribution is -2.40. The average Bonchev–Trinajstić information content (AvgIpc) is 2.64. The van der Waals surface area contributed by atoms with Crippen LogP contribution in [0.2, 0.25) is 0 Å². The van der Waals surface area contributed by atoms with Gasteiger partial charge in [-0.25, -0.2) is 13.8 Å². The van der Waals surface area contributed by atoms with Gasteiger partial charge in [0.25, 0.3) is 5.91 Å². The molecule has 0 saturated heterocycles. The number of hydrogen-bond acceptors (Lipinski definition) is 4. The molecule has 7 heteroatoms. The third kappa shape index (κ3) is 6.30. The number of sulfonamides is 1. The van der Waals surface area contributed by atoms with Gasteiger partial charge in [0.05, 0.1) is 11.4 Å². The van der Waals surface area contributed by atoms with Crippen LogP contribution in [0.25, 0.3) is 0 Å². The Morgan fingerprint density at radius 1 is 1.04 bits per heavy atom. The molecule has 1 N–H and O–H groups in total. The van der Waals surface area contributed by atoms with Crippen molar-refractivity contribution in [3.05, 3.63) is 65.7 Å². The van der Waals surface area contributed by atoms with Gasteiger partial charge < -0.3 is 0 Å². The molecule has 0 radical (unpaired) electrons. The van der Waals surface area contributed by atoms with Gasteiger partial charge in [-0.15, -0.1) is 0 Å². The second kappa shape index (κ2) is 9.43. The van der Waals surface area contributed by atoms with E-state index in [0.29, 0.717) is 12.1 Å². The minimum absolute atomic E-state index is 0.170. The predicted octanol–water partition coefficient (Wildman–Crippen LogP) is 2.74. The molecule has 0 heterocycles. The minimum atomic E-state index is -3.80. The molecule has 27 heavy (non-hydrogen) atoms. The Labute approximate surface area is 161 Å². The molecule has 2 aromatic rings. The Morgan fingerprint density at radius 2 is 1.67 bits per heavy atom. The fourth-order valence-corrected chi connectivity index (χ4v) is 3.81. The van der Waals surface area contributed by atoms with Crippen molar-refractivity contribution >= 4 is 21.6 Å². The number of amides is 1. The zero-order valence-electron chi connectivity index (χ0n) is 15.8. The maximum atomic E-state index is 13.0. The SMILES string of the molecule is CC(C)=NNC(=O)CN(CCc1ccccc1)S(=O)(=O)c1ccc(C)cc1. The normalized spacial score (nSPS) is 11.3. The van der Waals surface area contributed by atoms with E-state index >= 15 is 0 Å². The molecule has 2 aromatic carbocycles. The van der Waals surface area contributed by atoms with Gasteiger partial charge in [0.2, 0.25) is 10.0 Å². The number of rotatable bonds is 8. The van der Waals surface area contributed by atoms with E-state index in [1.54, 1.807) is 38.1 Å². The second-order valence-electron chi connectivity index (χ2n) is 6.48. The van der Waals surface area contributed by atoms with E-state index in [-0.39, 0.29) is 18.0 Å². The van der Waals surface area contributed by atoms with E-state index in [9.17, 15) is 13.2 Å². The molecular weight excluding hydrogens is 362 g/mol. The lowest BCUT2D eigenvalue weighted by atomic mass is 10.1. The Balaban J connectivity index is 2.23. The molecule has 6 nitrogen and oxygen atoms in total. The van der Waals surface area contributed by atoms with Gasteiger partial charge in [-0.1, -0.05) is 48.0 Å². The lowest BCUT2D eigenvalue weighted by Gasteiger charge is -2.21. The third-order valence-electron chi connectivity index (χ3n) is 3.88. The first-order chi connectivity index (χ1) is 12.8. The first kappa shape index (κ1) is 20.8. The Morgan fingerprint density at radius 3 is 2.26 bits per heavy atom. The number of carbonyl (C=O) groups is 1. The van der Waals surface area contributed by atoms with Crippen LogP contribution in [-0.2, 0) is 21.2 Å². The predicted molar refractivity (Wildman–Crippen MR) is 107 cm³/mol. The number of nitrogens with one attached hydrogen (secondary N) is 1. The molecule has 0 unspecified atom stereocenters. The maximum absolute atomic E-state index is 13.0. The molecule has 0 atom stereocenters. The van der Waals surface area contributed by atoms with Crippen molar-refractivity contribution in [1.29, 1.82) is 0 Å². The van der Waals surface area contributed by atoms with Crippen molar-refractivity contribution in [2.45, 2.75) is 32.1 Å². The van der Waals surface area contributed by atoms with Crippen LogP contribution in [0.4, 0.5) is 0 Å². The van der Waals surface area contributed by atoms with Crippen LogP contribution in [0.5, 0.6) is 0 Å². The molecule has 0 fully saturated rings. The number of carbonyl (C=O) groups excluding carboxylic acids is 1. The number of aryl methyl sites for hydroxylation is 1. The summed E-state index contributed by atoms with van der Waals surface area (Å²) in [6, 6.07) is 16.2. The van der Waals surface area contributed by atoms with Crippen LogP contribution in [0, 0.1) is 6.92 Å². The molecule has 0 aliphatic rings. The van der Waals surface area contributed by atoms with Crippen molar-refractivity contribution in [3.63, 3.8) is 0 Å². The topological polar surface area (TPSA) is 78.8 Å². The van der Waals surface area contributed by atoms with Crippen LogP contribution in [-0.4, -0.2) is 37.4 Å². The van der Waals surface area contributed by atoms with Crippen molar-refractivity contribution in [2.24, 2.45) is 5.10 Å². The lowest BCUT2D eigenvalue weighted by molar-refractivity contribution is -0.121. The number of hydrazone groups is 1. The van der Waals surface area contributed by atoms with Crippen molar-refractivity contribution in [2.75, 3.05) is 13.1 Å². The molecular formula is C20H25N3O3S. The minimum Gasteiger partial charge on any atom is -0.272 e. The summed E-state index contributed by atoms with van der Waals surface area (Å²) < 4.78 is 27.3. The number of nitrogens with zero attached hydrogens (tertiary/aromatic N) is 2. The van der Waals surface area contributed by atoms with E-state index < -0.39 is 15.9 Å². The van der Waals surface area contributed by atoms with Crippen molar-refractivity contribution in [1.82, 2.24) is 9.73 Å². The Kier molecular flexibility index (Phi) is 7.27. The van der Waals surface area contributed by atoms with Crippen LogP contribution < -0.4 is 5.43 Å². The van der Waals surface area contributed by atoms with Crippen LogP contribution in [0.15, 0.2) is 64.6 Å². The molecule has 0 bridgehead atoms. The highest BCUT2D eigenvalue weighted by Gasteiger charge is 2.26. The summed E-state index contributed by atoms with van der Waals surface area (Å²) in [4.78, 5) is 12.3. The average molecular weight is 388 g/mol. The molecule has 0 aromatic heterocycles. The highest BCUT2D eigenvalue weighted by Crippen LogP contribution is 2.17. The standard InChI is InChI=1S/C20H25N3O3S/c1-16(2)21-22-20(24)15-23(14-13-18-7-5-4-6-8-18)27(25,26)19-11-9-17(3)10-12-19/h4-12H,13-15H2,1-3H3,(H,22,24). The largest absolute Gasteiger partial charge is 0.272 e. The van der Waals surface area contributed by atoms with E-state index in [1.165, 1.54) is 4.31 Å². The van der Waals surface area contributed by atoms with Gasteiger partial charge in [0, 0.05) is 12.3 Å². The smallest absolute Gasteiger partial charge is 0.255 e. The summed E-state index contributed by atoms with van der Waals surface area (Å²) in [7, 11) is -3.80. The molecule has 1 amide bonds. The summed E-state index contributed by atoms with van der Waals surface area (Å²) in [6.45, 7) is 5.29. The van der Waals surface area contributed by atoms with Gasteiger partial charge in [-0.05, 0) is 44.9 Å². The van der Waals surface area contributed by atoms with E-state index in [1.807, 2.05) is 37.3 Å². The molecule has 2 rings (SSSR count). The Hall–Kier alpha value is -2.51. The van der Waals surface area contributed by atoms with Crippen molar-refractivity contribution < 1.29 is 13.2 Å². The summed E-state index contributed by atoms with van der Waals surface area (Å²) in [5.41, 5.74) is 5.04. The van der Waals surface area contributed by atoms with Gasteiger partial charge in [-0.3, -0.25) is 4.79 Å².